The summed E-state index contributed by atoms with van der Waals surface area (Å²) < 4.78 is 0. The molecular formula is C13H18ClN3O. The van der Waals surface area contributed by atoms with Gasteiger partial charge in [-0.05, 0) is 37.6 Å². The first-order valence-corrected chi connectivity index (χ1v) is 6.55. The highest BCUT2D eigenvalue weighted by atomic mass is 35.5. The average Bonchev–Trinajstić information content (AvgIpc) is 2.51. The molecule has 5 heteroatoms. The van der Waals surface area contributed by atoms with Crippen LogP contribution in [0.3, 0.4) is 0 Å². The van der Waals surface area contributed by atoms with Crippen molar-refractivity contribution in [2.24, 2.45) is 5.73 Å². The standard InChI is InChI=1S/C13H18ClN3O/c1-9-10(14)3-4-11-13(9)16-12(18)5-8-17(11)7-2-6-15/h3-4H,2,5-8,15H2,1H3,(H,16,18). The van der Waals surface area contributed by atoms with E-state index in [-0.39, 0.29) is 5.91 Å². The van der Waals surface area contributed by atoms with Gasteiger partial charge in [-0.2, -0.15) is 0 Å². The fourth-order valence-corrected chi connectivity index (χ4v) is 2.32. The number of rotatable bonds is 3. The largest absolute Gasteiger partial charge is 0.369 e. The molecule has 0 atom stereocenters. The monoisotopic (exact) mass is 267 g/mol. The zero-order valence-corrected chi connectivity index (χ0v) is 11.3. The van der Waals surface area contributed by atoms with Crippen LogP contribution in [0.25, 0.3) is 0 Å². The molecule has 0 aliphatic carbocycles. The maximum atomic E-state index is 11.7. The molecule has 3 N–H and O–H groups in total. The van der Waals surface area contributed by atoms with Crippen molar-refractivity contribution in [3.05, 3.63) is 22.7 Å². The van der Waals surface area contributed by atoms with Crippen LogP contribution in [0.2, 0.25) is 5.02 Å². The van der Waals surface area contributed by atoms with Crippen LogP contribution in [0.4, 0.5) is 11.4 Å². The van der Waals surface area contributed by atoms with Crippen molar-refractivity contribution in [2.45, 2.75) is 19.8 Å². The minimum atomic E-state index is 0.0388. The predicted octanol–water partition coefficient (Wildman–Crippen LogP) is 2.15. The summed E-state index contributed by atoms with van der Waals surface area (Å²) in [6, 6.07) is 3.84. The quantitative estimate of drug-likeness (QED) is 0.882. The lowest BCUT2D eigenvalue weighted by molar-refractivity contribution is -0.115. The number of anilines is 2. The van der Waals surface area contributed by atoms with Gasteiger partial charge in [0.05, 0.1) is 11.4 Å². The second kappa shape index (κ2) is 5.59. The van der Waals surface area contributed by atoms with Gasteiger partial charge in [0.1, 0.15) is 0 Å². The van der Waals surface area contributed by atoms with Crippen LogP contribution < -0.4 is 16.0 Å². The number of nitrogens with one attached hydrogen (secondary N) is 1. The number of carbonyl (C=O) groups is 1. The Hall–Kier alpha value is -1.26. The molecule has 2 rings (SSSR count). The van der Waals surface area contributed by atoms with E-state index in [2.05, 4.69) is 10.2 Å². The smallest absolute Gasteiger partial charge is 0.226 e. The van der Waals surface area contributed by atoms with Crippen molar-refractivity contribution in [3.8, 4) is 0 Å². The fraction of sp³-hybridized carbons (Fsp3) is 0.462. The van der Waals surface area contributed by atoms with Gasteiger partial charge in [-0.3, -0.25) is 4.79 Å². The number of hydrogen-bond donors (Lipinski definition) is 2. The van der Waals surface area contributed by atoms with E-state index in [0.29, 0.717) is 18.0 Å². The van der Waals surface area contributed by atoms with E-state index in [1.807, 2.05) is 19.1 Å². The molecule has 1 aromatic rings. The van der Waals surface area contributed by atoms with Crippen LogP contribution in [0, 0.1) is 6.92 Å². The molecule has 4 nitrogen and oxygen atoms in total. The number of nitrogens with two attached hydrogens (primary N) is 1. The molecule has 0 aromatic heterocycles. The topological polar surface area (TPSA) is 58.4 Å². The molecule has 98 valence electrons. The van der Waals surface area contributed by atoms with Gasteiger partial charge in [-0.25, -0.2) is 0 Å². The second-order valence-electron chi connectivity index (χ2n) is 4.49. The van der Waals surface area contributed by atoms with Crippen molar-refractivity contribution >= 4 is 28.9 Å². The highest BCUT2D eigenvalue weighted by Gasteiger charge is 2.21. The lowest BCUT2D eigenvalue weighted by Gasteiger charge is -2.25. The number of hydrogen-bond acceptors (Lipinski definition) is 3. The van der Waals surface area contributed by atoms with Crippen LogP contribution in [-0.4, -0.2) is 25.5 Å². The molecule has 1 aliphatic heterocycles. The van der Waals surface area contributed by atoms with Crippen LogP contribution >= 0.6 is 11.6 Å². The summed E-state index contributed by atoms with van der Waals surface area (Å²) in [5, 5.41) is 3.62. The minimum Gasteiger partial charge on any atom is -0.369 e. The number of amides is 1. The molecule has 0 fully saturated rings. The molecule has 0 saturated carbocycles. The third-order valence-electron chi connectivity index (χ3n) is 3.22. The summed E-state index contributed by atoms with van der Waals surface area (Å²) in [4.78, 5) is 13.9. The van der Waals surface area contributed by atoms with Gasteiger partial charge in [0.2, 0.25) is 5.91 Å². The summed E-state index contributed by atoms with van der Waals surface area (Å²) in [5.74, 6) is 0.0388. The Balaban J connectivity index is 2.39. The maximum absolute atomic E-state index is 11.7. The third kappa shape index (κ3) is 2.60. The fourth-order valence-electron chi connectivity index (χ4n) is 2.17. The Kier molecular flexibility index (Phi) is 4.09. The highest BCUT2D eigenvalue weighted by molar-refractivity contribution is 6.32. The van der Waals surface area contributed by atoms with Gasteiger partial charge in [0.25, 0.3) is 0 Å². The van der Waals surface area contributed by atoms with Gasteiger partial charge in [-0.1, -0.05) is 11.6 Å². The van der Waals surface area contributed by atoms with Gasteiger partial charge >= 0.3 is 0 Å². The summed E-state index contributed by atoms with van der Waals surface area (Å²) in [6.07, 6.45) is 1.41. The van der Waals surface area contributed by atoms with Crippen molar-refractivity contribution in [1.82, 2.24) is 0 Å². The Labute approximate surface area is 112 Å². The summed E-state index contributed by atoms with van der Waals surface area (Å²) >= 11 is 6.11. The number of carbonyl (C=O) groups excluding carboxylic acids is 1. The van der Waals surface area contributed by atoms with Gasteiger partial charge in [0, 0.05) is 24.5 Å². The Bertz CT molecular complexity index is 462. The van der Waals surface area contributed by atoms with Crippen molar-refractivity contribution < 1.29 is 4.79 Å². The molecule has 0 unspecified atom stereocenters. The van der Waals surface area contributed by atoms with Crippen LogP contribution in [-0.2, 0) is 4.79 Å². The second-order valence-corrected chi connectivity index (χ2v) is 4.90. The molecule has 0 saturated heterocycles. The van der Waals surface area contributed by atoms with Crippen molar-refractivity contribution in [1.29, 1.82) is 0 Å². The summed E-state index contributed by atoms with van der Waals surface area (Å²) in [7, 11) is 0. The Morgan fingerprint density at radius 2 is 2.28 bits per heavy atom. The van der Waals surface area contributed by atoms with Crippen molar-refractivity contribution in [2.75, 3.05) is 29.9 Å². The molecule has 1 amide bonds. The molecule has 0 spiro atoms. The van der Waals surface area contributed by atoms with E-state index in [1.54, 1.807) is 0 Å². The zero-order chi connectivity index (χ0) is 13.1. The predicted molar refractivity (Wildman–Crippen MR) is 75.3 cm³/mol. The van der Waals surface area contributed by atoms with Crippen LogP contribution in [0.5, 0.6) is 0 Å². The lowest BCUT2D eigenvalue weighted by Crippen LogP contribution is -2.27. The zero-order valence-electron chi connectivity index (χ0n) is 10.5. The third-order valence-corrected chi connectivity index (χ3v) is 3.63. The molecule has 1 heterocycles. The molecular weight excluding hydrogens is 250 g/mol. The molecule has 18 heavy (non-hydrogen) atoms. The number of fused-ring (bicyclic) bond motifs is 1. The van der Waals surface area contributed by atoms with E-state index in [4.69, 9.17) is 17.3 Å². The molecule has 0 radical (unpaired) electrons. The normalized spacial score (nSPS) is 15.1. The van der Waals surface area contributed by atoms with Gasteiger partial charge in [-0.15, -0.1) is 0 Å². The van der Waals surface area contributed by atoms with Gasteiger partial charge in [0.15, 0.2) is 0 Å². The first-order valence-electron chi connectivity index (χ1n) is 6.17. The van der Waals surface area contributed by atoms with Crippen LogP contribution in [0.15, 0.2) is 12.1 Å². The SMILES string of the molecule is Cc1c(Cl)ccc2c1NC(=O)CCN2CCCN. The van der Waals surface area contributed by atoms with E-state index in [1.165, 1.54) is 0 Å². The van der Waals surface area contributed by atoms with E-state index < -0.39 is 0 Å². The number of halogens is 1. The average molecular weight is 268 g/mol. The highest BCUT2D eigenvalue weighted by Crippen LogP contribution is 2.35. The first-order chi connectivity index (χ1) is 8.63. The number of benzene rings is 1. The minimum absolute atomic E-state index is 0.0388. The lowest BCUT2D eigenvalue weighted by atomic mass is 10.1. The summed E-state index contributed by atoms with van der Waals surface area (Å²) in [5.41, 5.74) is 8.35. The molecule has 0 bridgehead atoms. The number of nitrogens with zero attached hydrogens (tertiary/aromatic N) is 1. The Morgan fingerprint density at radius 3 is 3.00 bits per heavy atom. The van der Waals surface area contributed by atoms with Gasteiger partial charge < -0.3 is 16.0 Å². The maximum Gasteiger partial charge on any atom is 0.226 e. The van der Waals surface area contributed by atoms with Crippen molar-refractivity contribution in [3.63, 3.8) is 0 Å². The van der Waals surface area contributed by atoms with E-state index >= 15 is 0 Å². The van der Waals surface area contributed by atoms with E-state index in [0.717, 1.165) is 36.4 Å². The molecule has 1 aliphatic rings. The van der Waals surface area contributed by atoms with E-state index in [9.17, 15) is 4.79 Å². The first kappa shape index (κ1) is 13.2. The molecule has 1 aromatic carbocycles. The van der Waals surface area contributed by atoms with Crippen LogP contribution in [0.1, 0.15) is 18.4 Å². The Morgan fingerprint density at radius 1 is 1.50 bits per heavy atom. The summed E-state index contributed by atoms with van der Waals surface area (Å²) in [6.45, 7) is 4.16.